The predicted molar refractivity (Wildman–Crippen MR) is 66.3 cm³/mol. The molecule has 1 aliphatic rings. The first-order chi connectivity index (χ1) is 9.03. The van der Waals surface area contributed by atoms with E-state index in [1.165, 1.54) is 12.1 Å². The molecule has 0 bridgehead atoms. The Morgan fingerprint density at radius 1 is 1.58 bits per heavy atom. The lowest BCUT2D eigenvalue weighted by atomic mass is 10.3. The molecule has 7 nitrogen and oxygen atoms in total. The average Bonchev–Trinajstić information content (AvgIpc) is 2.98. The van der Waals surface area contributed by atoms with Crippen LogP contribution < -0.4 is 10.0 Å². The first-order valence-electron chi connectivity index (χ1n) is 6.03. The molecule has 0 amide bonds. The molecule has 1 saturated heterocycles. The van der Waals surface area contributed by atoms with Crippen LogP contribution in [-0.2, 0) is 14.8 Å². The fraction of sp³-hybridized carbons (Fsp3) is 0.545. The van der Waals surface area contributed by atoms with Gasteiger partial charge >= 0.3 is 5.97 Å². The van der Waals surface area contributed by atoms with Crippen molar-refractivity contribution in [3.8, 4) is 0 Å². The molecule has 1 aromatic heterocycles. The van der Waals surface area contributed by atoms with E-state index < -0.39 is 16.0 Å². The van der Waals surface area contributed by atoms with Crippen LogP contribution in [0.1, 0.15) is 23.9 Å². The van der Waals surface area contributed by atoms with Crippen molar-refractivity contribution >= 4 is 16.0 Å². The molecule has 2 N–H and O–H groups in total. The van der Waals surface area contributed by atoms with Gasteiger partial charge in [0.1, 0.15) is 0 Å². The van der Waals surface area contributed by atoms with E-state index in [1.807, 2.05) is 0 Å². The molecule has 8 heteroatoms. The molecule has 2 rings (SSSR count). The Bertz CT molecular complexity index is 545. The second-order valence-corrected chi connectivity index (χ2v) is 5.80. The Balaban J connectivity index is 2.10. The van der Waals surface area contributed by atoms with Gasteiger partial charge in [0.05, 0.1) is 6.61 Å². The largest absolute Gasteiger partial charge is 0.460 e. The van der Waals surface area contributed by atoms with E-state index >= 15 is 0 Å². The smallest absolute Gasteiger partial charge is 0.374 e. The quantitative estimate of drug-likeness (QED) is 0.746. The number of nitrogens with one attached hydrogen (secondary N) is 2. The van der Waals surface area contributed by atoms with Gasteiger partial charge in [-0.05, 0) is 32.0 Å². The van der Waals surface area contributed by atoms with Crippen molar-refractivity contribution in [3.63, 3.8) is 0 Å². The molecule has 1 atom stereocenters. The van der Waals surface area contributed by atoms with Crippen molar-refractivity contribution in [2.75, 3.05) is 19.7 Å². The number of carbonyl (C=O) groups excluding carboxylic acids is 1. The summed E-state index contributed by atoms with van der Waals surface area (Å²) in [6.07, 6.45) is 0.727. The van der Waals surface area contributed by atoms with Crippen molar-refractivity contribution in [3.05, 3.63) is 17.9 Å². The summed E-state index contributed by atoms with van der Waals surface area (Å²) in [6, 6.07) is 2.39. The summed E-state index contributed by atoms with van der Waals surface area (Å²) < 4.78 is 36.3. The summed E-state index contributed by atoms with van der Waals surface area (Å²) in [5.41, 5.74) is 0. The Morgan fingerprint density at radius 2 is 2.37 bits per heavy atom. The fourth-order valence-corrected chi connectivity index (χ4v) is 3.01. The zero-order valence-corrected chi connectivity index (χ0v) is 11.3. The molecule has 0 saturated carbocycles. The van der Waals surface area contributed by atoms with E-state index in [2.05, 4.69) is 10.0 Å². The third-order valence-electron chi connectivity index (χ3n) is 2.70. The van der Waals surface area contributed by atoms with E-state index in [4.69, 9.17) is 9.15 Å². The fourth-order valence-electron chi connectivity index (χ4n) is 1.81. The maximum Gasteiger partial charge on any atom is 0.374 e. The number of hydrogen-bond donors (Lipinski definition) is 2. The Kier molecular flexibility index (Phi) is 4.23. The highest BCUT2D eigenvalue weighted by atomic mass is 32.2. The van der Waals surface area contributed by atoms with E-state index in [9.17, 15) is 13.2 Å². The Morgan fingerprint density at radius 3 is 3.00 bits per heavy atom. The highest BCUT2D eigenvalue weighted by Crippen LogP contribution is 2.16. The van der Waals surface area contributed by atoms with Crippen molar-refractivity contribution in [1.29, 1.82) is 0 Å². The Labute approximate surface area is 111 Å². The Hall–Kier alpha value is -1.38. The molecule has 2 heterocycles. The van der Waals surface area contributed by atoms with Crippen LogP contribution in [0.25, 0.3) is 0 Å². The van der Waals surface area contributed by atoms with Crippen molar-refractivity contribution in [2.24, 2.45) is 0 Å². The summed E-state index contributed by atoms with van der Waals surface area (Å²) >= 11 is 0. The lowest BCUT2D eigenvalue weighted by Gasteiger charge is -2.09. The number of esters is 1. The van der Waals surface area contributed by atoms with E-state index in [0.29, 0.717) is 6.54 Å². The molecule has 0 aliphatic carbocycles. The number of ether oxygens (including phenoxy) is 1. The number of carbonyl (C=O) groups is 1. The van der Waals surface area contributed by atoms with Crippen LogP contribution in [0.3, 0.4) is 0 Å². The molecule has 1 aliphatic heterocycles. The molecule has 0 radical (unpaired) electrons. The molecule has 1 unspecified atom stereocenters. The van der Waals surface area contributed by atoms with Gasteiger partial charge in [-0.3, -0.25) is 0 Å². The minimum absolute atomic E-state index is 0.119. The monoisotopic (exact) mass is 288 g/mol. The molecular formula is C11H16N2O5S. The normalized spacial score (nSPS) is 19.5. The summed E-state index contributed by atoms with van der Waals surface area (Å²) in [4.78, 5) is 11.4. The number of sulfonamides is 1. The lowest BCUT2D eigenvalue weighted by molar-refractivity contribution is 0.0484. The zero-order chi connectivity index (χ0) is 13.9. The molecule has 1 fully saturated rings. The molecule has 0 spiro atoms. The number of furan rings is 1. The minimum atomic E-state index is -3.74. The molecule has 1 aromatic rings. The molecular weight excluding hydrogens is 272 g/mol. The molecule has 19 heavy (non-hydrogen) atoms. The van der Waals surface area contributed by atoms with Gasteiger partial charge in [0.15, 0.2) is 0 Å². The first kappa shape index (κ1) is 14.0. The van der Waals surface area contributed by atoms with Crippen LogP contribution in [0.4, 0.5) is 0 Å². The maximum absolute atomic E-state index is 12.0. The SMILES string of the molecule is CCOC(=O)c1ccc(S(=O)(=O)NC2CCNC2)o1. The van der Waals surface area contributed by atoms with Gasteiger partial charge in [-0.15, -0.1) is 0 Å². The van der Waals surface area contributed by atoms with E-state index in [-0.39, 0.29) is 23.5 Å². The number of rotatable bonds is 5. The average molecular weight is 288 g/mol. The second-order valence-electron chi connectivity index (χ2n) is 4.15. The predicted octanol–water partition coefficient (Wildman–Crippen LogP) is 0.0965. The summed E-state index contributed by atoms with van der Waals surface area (Å²) in [5, 5.41) is 2.78. The van der Waals surface area contributed by atoms with Gasteiger partial charge in [0.25, 0.3) is 10.0 Å². The summed E-state index contributed by atoms with van der Waals surface area (Å²) in [6.45, 7) is 3.23. The van der Waals surface area contributed by atoms with Crippen LogP contribution in [0, 0.1) is 0 Å². The van der Waals surface area contributed by atoms with Gasteiger partial charge in [-0.1, -0.05) is 0 Å². The third kappa shape index (κ3) is 3.34. The maximum atomic E-state index is 12.0. The van der Waals surface area contributed by atoms with Gasteiger partial charge in [0, 0.05) is 12.6 Å². The van der Waals surface area contributed by atoms with Crippen LogP contribution in [0.5, 0.6) is 0 Å². The van der Waals surface area contributed by atoms with Crippen LogP contribution >= 0.6 is 0 Å². The van der Waals surface area contributed by atoms with Crippen molar-refractivity contribution in [1.82, 2.24) is 10.0 Å². The van der Waals surface area contributed by atoms with Gasteiger partial charge < -0.3 is 14.5 Å². The highest BCUT2D eigenvalue weighted by molar-refractivity contribution is 7.89. The minimum Gasteiger partial charge on any atom is -0.460 e. The highest BCUT2D eigenvalue weighted by Gasteiger charge is 2.26. The molecule has 0 aromatic carbocycles. The van der Waals surface area contributed by atoms with E-state index in [1.54, 1.807) is 6.92 Å². The van der Waals surface area contributed by atoms with Gasteiger partial charge in [0.2, 0.25) is 10.9 Å². The van der Waals surface area contributed by atoms with Crippen molar-refractivity contribution in [2.45, 2.75) is 24.5 Å². The lowest BCUT2D eigenvalue weighted by Crippen LogP contribution is -2.36. The third-order valence-corrected chi connectivity index (χ3v) is 4.10. The zero-order valence-electron chi connectivity index (χ0n) is 10.5. The van der Waals surface area contributed by atoms with Gasteiger partial charge in [-0.25, -0.2) is 17.9 Å². The summed E-state index contributed by atoms with van der Waals surface area (Å²) in [7, 11) is -3.74. The van der Waals surface area contributed by atoms with E-state index in [0.717, 1.165) is 13.0 Å². The summed E-state index contributed by atoms with van der Waals surface area (Å²) in [5.74, 6) is -0.793. The standard InChI is InChI=1S/C11H16N2O5S/c1-2-17-11(14)9-3-4-10(18-9)19(15,16)13-8-5-6-12-7-8/h3-4,8,12-13H,2,5-7H2,1H3. The number of hydrogen-bond acceptors (Lipinski definition) is 6. The van der Waals surface area contributed by atoms with Crippen LogP contribution in [0.15, 0.2) is 21.6 Å². The molecule has 106 valence electrons. The van der Waals surface area contributed by atoms with Crippen LogP contribution in [-0.4, -0.2) is 40.1 Å². The van der Waals surface area contributed by atoms with Crippen LogP contribution in [0.2, 0.25) is 0 Å². The second kappa shape index (κ2) is 5.72. The topological polar surface area (TPSA) is 97.6 Å². The van der Waals surface area contributed by atoms with Crippen molar-refractivity contribution < 1.29 is 22.4 Å². The first-order valence-corrected chi connectivity index (χ1v) is 7.51. The van der Waals surface area contributed by atoms with Gasteiger partial charge in [-0.2, -0.15) is 0 Å².